The molecule has 0 spiro atoms. The van der Waals surface area contributed by atoms with E-state index >= 15 is 0 Å². The number of alkyl halides is 3. The summed E-state index contributed by atoms with van der Waals surface area (Å²) >= 11 is 5.98. The molecule has 2 atom stereocenters. The summed E-state index contributed by atoms with van der Waals surface area (Å²) in [6.45, 7) is 7.17. The first-order chi connectivity index (χ1) is 14.6. The van der Waals surface area contributed by atoms with Gasteiger partial charge in [-0.3, -0.25) is 4.79 Å². The summed E-state index contributed by atoms with van der Waals surface area (Å²) in [5, 5.41) is 2.34. The Balaban J connectivity index is 2.34. The van der Waals surface area contributed by atoms with E-state index < -0.39 is 28.7 Å². The van der Waals surface area contributed by atoms with Crippen LogP contribution in [0.5, 0.6) is 0 Å². The third kappa shape index (κ3) is 6.47. The average molecular weight is 455 g/mol. The Morgan fingerprint density at radius 3 is 2.23 bits per heavy atom. The Bertz CT molecular complexity index is 854. The fourth-order valence-corrected chi connectivity index (χ4v) is 3.98. The van der Waals surface area contributed by atoms with Crippen molar-refractivity contribution < 1.29 is 18.0 Å². The number of hydrogen-bond acceptors (Lipinski definition) is 2. The lowest BCUT2D eigenvalue weighted by atomic mass is 9.96. The van der Waals surface area contributed by atoms with Gasteiger partial charge in [-0.2, -0.15) is 13.2 Å². The van der Waals surface area contributed by atoms with E-state index in [-0.39, 0.29) is 11.6 Å². The second kappa shape index (κ2) is 11.0. The molecule has 0 fully saturated rings. The molecule has 7 heteroatoms. The van der Waals surface area contributed by atoms with E-state index in [1.165, 1.54) is 12.1 Å². The smallest absolute Gasteiger partial charge is 0.344 e. The molecular weight excluding hydrogens is 425 g/mol. The third-order valence-corrected chi connectivity index (χ3v) is 6.28. The number of carbonyl (C=O) groups is 1. The number of hydrogen-bond donors (Lipinski definition) is 1. The van der Waals surface area contributed by atoms with Crippen LogP contribution in [0.2, 0.25) is 5.02 Å². The largest absolute Gasteiger partial charge is 0.417 e. The number of nitrogens with one attached hydrogen (secondary N) is 1. The summed E-state index contributed by atoms with van der Waals surface area (Å²) in [4.78, 5) is 15.2. The molecule has 1 N–H and O–H groups in total. The lowest BCUT2D eigenvalue weighted by molar-refractivity contribution is -0.137. The zero-order valence-electron chi connectivity index (χ0n) is 18.3. The highest BCUT2D eigenvalue weighted by Crippen LogP contribution is 2.36. The van der Waals surface area contributed by atoms with Gasteiger partial charge in [0, 0.05) is 12.6 Å². The summed E-state index contributed by atoms with van der Waals surface area (Å²) in [5.41, 5.74) is -0.327. The molecule has 0 saturated heterocycles. The van der Waals surface area contributed by atoms with Gasteiger partial charge in [0.2, 0.25) is 0 Å². The van der Waals surface area contributed by atoms with Crippen molar-refractivity contribution in [3.63, 3.8) is 0 Å². The molecule has 0 radical (unpaired) electrons. The monoisotopic (exact) mass is 454 g/mol. The standard InChI is InChI=1S/C24H30ClF3N2O/c1-5-17(6-2)15-30(4)16(3)22(18-11-8-7-9-12-18)29-23(31)19-13-10-14-20(21(19)25)24(26,27)28/h7-14,16-17,22H,5-6,15H2,1-4H3,(H,29,31). The Morgan fingerprint density at radius 2 is 1.68 bits per heavy atom. The van der Waals surface area contributed by atoms with E-state index in [1.807, 2.05) is 44.3 Å². The van der Waals surface area contributed by atoms with Crippen LogP contribution in [-0.2, 0) is 6.18 Å². The molecule has 170 valence electrons. The van der Waals surface area contributed by atoms with E-state index in [0.29, 0.717) is 5.92 Å². The molecule has 0 aromatic heterocycles. The van der Waals surface area contributed by atoms with Gasteiger partial charge >= 0.3 is 6.18 Å². The van der Waals surface area contributed by atoms with E-state index in [0.717, 1.165) is 31.0 Å². The molecular formula is C24H30ClF3N2O. The van der Waals surface area contributed by atoms with Crippen LogP contribution in [0.15, 0.2) is 48.5 Å². The van der Waals surface area contributed by atoms with Crippen LogP contribution in [0.4, 0.5) is 13.2 Å². The van der Waals surface area contributed by atoms with Crippen LogP contribution in [-0.4, -0.2) is 30.4 Å². The molecule has 0 aliphatic rings. The minimum Gasteiger partial charge on any atom is -0.344 e. The molecule has 31 heavy (non-hydrogen) atoms. The van der Waals surface area contributed by atoms with E-state index in [2.05, 4.69) is 24.1 Å². The molecule has 0 aliphatic carbocycles. The summed E-state index contributed by atoms with van der Waals surface area (Å²) in [6.07, 6.45) is -2.53. The predicted octanol–water partition coefficient (Wildman–Crippen LogP) is 6.59. The van der Waals surface area contributed by atoms with Gasteiger partial charge in [-0.15, -0.1) is 0 Å². The maximum Gasteiger partial charge on any atom is 0.417 e. The second-order valence-electron chi connectivity index (χ2n) is 7.89. The van der Waals surface area contributed by atoms with Crippen LogP contribution < -0.4 is 5.32 Å². The van der Waals surface area contributed by atoms with Gasteiger partial charge in [-0.05, 0) is 37.6 Å². The lowest BCUT2D eigenvalue weighted by Gasteiger charge is -2.35. The lowest BCUT2D eigenvalue weighted by Crippen LogP contribution is -2.44. The summed E-state index contributed by atoms with van der Waals surface area (Å²) in [6, 6.07) is 12.3. The molecule has 2 unspecified atom stereocenters. The van der Waals surface area contributed by atoms with Crippen LogP contribution in [0.3, 0.4) is 0 Å². The number of halogens is 4. The van der Waals surface area contributed by atoms with Crippen molar-refractivity contribution in [2.75, 3.05) is 13.6 Å². The zero-order chi connectivity index (χ0) is 23.2. The highest BCUT2D eigenvalue weighted by Gasteiger charge is 2.35. The number of rotatable bonds is 9. The fourth-order valence-electron chi connectivity index (χ4n) is 3.66. The van der Waals surface area contributed by atoms with Crippen LogP contribution in [0.1, 0.15) is 61.1 Å². The number of benzene rings is 2. The molecule has 0 saturated carbocycles. The molecule has 2 aromatic rings. The van der Waals surface area contributed by atoms with Gasteiger partial charge in [0.25, 0.3) is 5.91 Å². The highest BCUT2D eigenvalue weighted by molar-refractivity contribution is 6.34. The fraction of sp³-hybridized carbons (Fsp3) is 0.458. The first kappa shape index (κ1) is 25.2. The number of likely N-dealkylation sites (N-methyl/N-ethyl adjacent to an activating group) is 1. The van der Waals surface area contributed by atoms with Gasteiger partial charge in [-0.25, -0.2) is 0 Å². The first-order valence-electron chi connectivity index (χ1n) is 10.5. The maximum absolute atomic E-state index is 13.2. The second-order valence-corrected chi connectivity index (χ2v) is 8.27. The highest BCUT2D eigenvalue weighted by atomic mass is 35.5. The number of nitrogens with zero attached hydrogens (tertiary/aromatic N) is 1. The van der Waals surface area contributed by atoms with Gasteiger partial charge in [0.1, 0.15) is 0 Å². The summed E-state index contributed by atoms with van der Waals surface area (Å²) in [7, 11) is 2.00. The van der Waals surface area contributed by atoms with Gasteiger partial charge in [0.05, 0.1) is 22.2 Å². The van der Waals surface area contributed by atoms with Crippen molar-refractivity contribution in [3.05, 3.63) is 70.2 Å². The molecule has 3 nitrogen and oxygen atoms in total. The Hall–Kier alpha value is -2.05. The minimum atomic E-state index is -4.63. The van der Waals surface area contributed by atoms with Gasteiger partial charge in [0.15, 0.2) is 0 Å². The van der Waals surface area contributed by atoms with Crippen molar-refractivity contribution in [1.29, 1.82) is 0 Å². The average Bonchev–Trinajstić information content (AvgIpc) is 2.74. The molecule has 2 aromatic carbocycles. The Kier molecular flexibility index (Phi) is 8.95. The SMILES string of the molecule is CCC(CC)CN(C)C(C)C(NC(=O)c1cccc(C(F)(F)F)c1Cl)c1ccccc1. The van der Waals surface area contributed by atoms with Gasteiger partial charge in [-0.1, -0.05) is 74.7 Å². The van der Waals surface area contributed by atoms with Crippen LogP contribution in [0.25, 0.3) is 0 Å². The normalized spacial score (nSPS) is 14.0. The molecule has 2 rings (SSSR count). The van der Waals surface area contributed by atoms with Crippen molar-refractivity contribution in [2.24, 2.45) is 5.92 Å². The van der Waals surface area contributed by atoms with E-state index in [1.54, 1.807) is 0 Å². The van der Waals surface area contributed by atoms with Crippen molar-refractivity contribution >= 4 is 17.5 Å². The van der Waals surface area contributed by atoms with E-state index in [9.17, 15) is 18.0 Å². The molecule has 0 aliphatic heterocycles. The summed E-state index contributed by atoms with van der Waals surface area (Å²) < 4.78 is 39.7. The molecule has 1 amide bonds. The predicted molar refractivity (Wildman–Crippen MR) is 119 cm³/mol. The Morgan fingerprint density at radius 1 is 1.06 bits per heavy atom. The zero-order valence-corrected chi connectivity index (χ0v) is 19.1. The van der Waals surface area contributed by atoms with Crippen LogP contribution in [0, 0.1) is 5.92 Å². The maximum atomic E-state index is 13.2. The molecule has 0 bridgehead atoms. The summed E-state index contributed by atoms with van der Waals surface area (Å²) in [5.74, 6) is -0.106. The third-order valence-electron chi connectivity index (χ3n) is 5.87. The van der Waals surface area contributed by atoms with E-state index in [4.69, 9.17) is 11.6 Å². The quantitative estimate of drug-likeness (QED) is 0.463. The molecule has 0 heterocycles. The van der Waals surface area contributed by atoms with Crippen molar-refractivity contribution in [3.8, 4) is 0 Å². The Labute approximate surface area is 187 Å². The number of carbonyl (C=O) groups excluding carboxylic acids is 1. The minimum absolute atomic E-state index is 0.0866. The van der Waals surface area contributed by atoms with Gasteiger partial charge < -0.3 is 10.2 Å². The topological polar surface area (TPSA) is 32.3 Å². The van der Waals surface area contributed by atoms with Crippen LogP contribution >= 0.6 is 11.6 Å². The van der Waals surface area contributed by atoms with Crippen molar-refractivity contribution in [2.45, 2.75) is 51.9 Å². The first-order valence-corrected chi connectivity index (χ1v) is 10.9. The number of amides is 1. The van der Waals surface area contributed by atoms with Crippen molar-refractivity contribution in [1.82, 2.24) is 10.2 Å².